The first-order valence-corrected chi connectivity index (χ1v) is 13.5. The molecule has 0 radical (unpaired) electrons. The van der Waals surface area contributed by atoms with Crippen molar-refractivity contribution in [3.05, 3.63) is 77.9 Å². The molecule has 2 heterocycles. The molecule has 0 saturated carbocycles. The zero-order valence-electron chi connectivity index (χ0n) is 19.4. The molecule has 0 aliphatic carbocycles. The van der Waals surface area contributed by atoms with E-state index in [1.54, 1.807) is 47.4 Å². The Morgan fingerprint density at radius 3 is 2.54 bits per heavy atom. The Balaban J connectivity index is 1.21. The van der Waals surface area contributed by atoms with E-state index < -0.39 is 9.84 Å². The lowest BCUT2D eigenvalue weighted by atomic mass is 10.0. The van der Waals surface area contributed by atoms with Crippen LogP contribution in [0.2, 0.25) is 0 Å². The molecule has 0 bridgehead atoms. The van der Waals surface area contributed by atoms with Gasteiger partial charge in [-0.2, -0.15) is 0 Å². The molecular formula is C27H26N2O5S. The van der Waals surface area contributed by atoms with Crippen LogP contribution < -0.4 is 15.0 Å². The summed E-state index contributed by atoms with van der Waals surface area (Å²) in [4.78, 5) is 26.8. The Labute approximate surface area is 204 Å². The summed E-state index contributed by atoms with van der Waals surface area (Å²) in [6.45, 7) is 1.04. The van der Waals surface area contributed by atoms with Gasteiger partial charge in [-0.05, 0) is 65.6 Å². The molecule has 1 fully saturated rings. The van der Waals surface area contributed by atoms with Crippen molar-refractivity contribution in [2.24, 2.45) is 0 Å². The smallest absolute Gasteiger partial charge is 0.251 e. The van der Waals surface area contributed by atoms with Gasteiger partial charge in [0, 0.05) is 36.9 Å². The second-order valence-electron chi connectivity index (χ2n) is 8.97. The number of carbonyl (C=O) groups excluding carboxylic acids is 2. The van der Waals surface area contributed by atoms with Crippen LogP contribution in [0.15, 0.2) is 71.6 Å². The number of hydrogen-bond donors (Lipinski definition) is 1. The number of benzene rings is 3. The molecule has 3 aromatic carbocycles. The molecule has 35 heavy (non-hydrogen) atoms. The lowest BCUT2D eigenvalue weighted by molar-refractivity contribution is -0.117. The summed E-state index contributed by atoms with van der Waals surface area (Å²) in [5.74, 6) is 0.672. The van der Waals surface area contributed by atoms with E-state index in [-0.39, 0.29) is 17.9 Å². The van der Waals surface area contributed by atoms with Crippen molar-refractivity contribution in [1.29, 1.82) is 0 Å². The van der Waals surface area contributed by atoms with Gasteiger partial charge in [0.1, 0.15) is 11.9 Å². The van der Waals surface area contributed by atoms with Crippen molar-refractivity contribution in [1.82, 2.24) is 5.32 Å². The second kappa shape index (κ2) is 9.19. The first kappa shape index (κ1) is 23.1. The Morgan fingerprint density at radius 2 is 1.83 bits per heavy atom. The van der Waals surface area contributed by atoms with Crippen LogP contribution in [0.25, 0.3) is 11.1 Å². The molecule has 3 aromatic rings. The van der Waals surface area contributed by atoms with Crippen LogP contribution in [0.4, 0.5) is 5.69 Å². The number of carbonyl (C=O) groups is 2. The predicted molar refractivity (Wildman–Crippen MR) is 133 cm³/mol. The molecule has 1 saturated heterocycles. The van der Waals surface area contributed by atoms with Crippen molar-refractivity contribution in [2.75, 3.05) is 24.2 Å². The molecule has 2 aliphatic heterocycles. The summed E-state index contributed by atoms with van der Waals surface area (Å²) >= 11 is 0. The largest absolute Gasteiger partial charge is 0.488 e. The molecule has 1 N–H and O–H groups in total. The summed E-state index contributed by atoms with van der Waals surface area (Å²) in [5.41, 5.74) is 4.21. The molecule has 0 aromatic heterocycles. The van der Waals surface area contributed by atoms with Gasteiger partial charge in [0.05, 0.1) is 11.4 Å². The molecule has 0 unspecified atom stereocenters. The SMILES string of the molecule is CS(=O)(=O)c1ccc(-c2ccc3c(c2)C[C@@H](CNC(=O)c2cccc(N4CCCC4=O)c2)O3)cc1. The molecule has 5 rings (SSSR count). The number of sulfone groups is 1. The zero-order valence-corrected chi connectivity index (χ0v) is 20.2. The van der Waals surface area contributed by atoms with E-state index in [1.165, 1.54) is 6.26 Å². The van der Waals surface area contributed by atoms with Gasteiger partial charge < -0.3 is 15.0 Å². The van der Waals surface area contributed by atoms with E-state index in [1.807, 2.05) is 24.3 Å². The van der Waals surface area contributed by atoms with Crippen molar-refractivity contribution < 1.29 is 22.7 Å². The van der Waals surface area contributed by atoms with Crippen LogP contribution in [-0.4, -0.2) is 45.7 Å². The third-order valence-electron chi connectivity index (χ3n) is 6.40. The third-order valence-corrected chi connectivity index (χ3v) is 7.53. The van der Waals surface area contributed by atoms with Crippen LogP contribution in [0.1, 0.15) is 28.8 Å². The monoisotopic (exact) mass is 490 g/mol. The number of ether oxygens (including phenoxy) is 1. The summed E-state index contributed by atoms with van der Waals surface area (Å²) in [6, 6.07) is 19.9. The lowest BCUT2D eigenvalue weighted by Gasteiger charge is -2.17. The predicted octanol–water partition coefficient (Wildman–Crippen LogP) is 3.62. The molecule has 8 heteroatoms. The van der Waals surface area contributed by atoms with Crippen LogP contribution in [0.3, 0.4) is 0 Å². The Hall–Kier alpha value is -3.65. The normalized spacial score (nSPS) is 17.2. The summed E-state index contributed by atoms with van der Waals surface area (Å²) in [5, 5.41) is 2.95. The van der Waals surface area contributed by atoms with E-state index in [2.05, 4.69) is 5.32 Å². The molecule has 2 aliphatic rings. The molecular weight excluding hydrogens is 464 g/mol. The van der Waals surface area contributed by atoms with Gasteiger partial charge in [-0.3, -0.25) is 9.59 Å². The number of rotatable bonds is 6. The number of fused-ring (bicyclic) bond motifs is 1. The van der Waals surface area contributed by atoms with E-state index in [0.717, 1.165) is 34.5 Å². The minimum Gasteiger partial charge on any atom is -0.488 e. The molecule has 2 amide bonds. The fraction of sp³-hybridized carbons (Fsp3) is 0.259. The van der Waals surface area contributed by atoms with E-state index >= 15 is 0 Å². The van der Waals surface area contributed by atoms with Crippen molar-refractivity contribution in [3.8, 4) is 16.9 Å². The summed E-state index contributed by atoms with van der Waals surface area (Å²) in [6.07, 6.45) is 3.05. The average Bonchev–Trinajstić information content (AvgIpc) is 3.47. The topological polar surface area (TPSA) is 92.8 Å². The number of amides is 2. The highest BCUT2D eigenvalue weighted by Crippen LogP contribution is 2.33. The number of nitrogens with one attached hydrogen (secondary N) is 1. The van der Waals surface area contributed by atoms with Crippen LogP contribution >= 0.6 is 0 Å². The van der Waals surface area contributed by atoms with Gasteiger partial charge in [-0.1, -0.05) is 24.3 Å². The number of anilines is 1. The zero-order chi connectivity index (χ0) is 24.6. The van der Waals surface area contributed by atoms with Crippen molar-refractivity contribution in [2.45, 2.75) is 30.3 Å². The second-order valence-corrected chi connectivity index (χ2v) is 11.0. The Morgan fingerprint density at radius 1 is 1.06 bits per heavy atom. The first-order chi connectivity index (χ1) is 16.8. The van der Waals surface area contributed by atoms with Gasteiger partial charge in [0.25, 0.3) is 5.91 Å². The minimum absolute atomic E-state index is 0.0883. The summed E-state index contributed by atoms with van der Waals surface area (Å²) < 4.78 is 29.4. The fourth-order valence-electron chi connectivity index (χ4n) is 4.55. The first-order valence-electron chi connectivity index (χ1n) is 11.6. The van der Waals surface area contributed by atoms with E-state index in [4.69, 9.17) is 4.74 Å². The highest BCUT2D eigenvalue weighted by Gasteiger charge is 2.25. The van der Waals surface area contributed by atoms with Gasteiger partial charge in [0.2, 0.25) is 5.91 Å². The molecule has 1 atom stereocenters. The van der Waals surface area contributed by atoms with Gasteiger partial charge in [-0.15, -0.1) is 0 Å². The Bertz CT molecular complexity index is 1400. The van der Waals surface area contributed by atoms with Crippen LogP contribution in [0.5, 0.6) is 5.75 Å². The van der Waals surface area contributed by atoms with Gasteiger partial charge in [0.15, 0.2) is 9.84 Å². The highest BCUT2D eigenvalue weighted by atomic mass is 32.2. The van der Waals surface area contributed by atoms with Crippen molar-refractivity contribution >= 4 is 27.3 Å². The minimum atomic E-state index is -3.23. The molecule has 7 nitrogen and oxygen atoms in total. The molecule has 0 spiro atoms. The lowest BCUT2D eigenvalue weighted by Crippen LogP contribution is -2.34. The van der Waals surface area contributed by atoms with Crippen LogP contribution in [0, 0.1) is 0 Å². The van der Waals surface area contributed by atoms with Gasteiger partial charge >= 0.3 is 0 Å². The van der Waals surface area contributed by atoms with Crippen molar-refractivity contribution in [3.63, 3.8) is 0 Å². The van der Waals surface area contributed by atoms with E-state index in [9.17, 15) is 18.0 Å². The number of nitrogens with zero attached hydrogens (tertiary/aromatic N) is 1. The fourth-order valence-corrected chi connectivity index (χ4v) is 5.18. The average molecular weight is 491 g/mol. The maximum atomic E-state index is 12.7. The molecule has 180 valence electrons. The third kappa shape index (κ3) is 4.93. The highest BCUT2D eigenvalue weighted by molar-refractivity contribution is 7.90. The quantitative estimate of drug-likeness (QED) is 0.570. The maximum Gasteiger partial charge on any atom is 0.251 e. The summed E-state index contributed by atoms with van der Waals surface area (Å²) in [7, 11) is -3.23. The van der Waals surface area contributed by atoms with E-state index in [0.29, 0.717) is 36.4 Å². The Kier molecular flexibility index (Phi) is 6.06. The van der Waals surface area contributed by atoms with Crippen LogP contribution in [-0.2, 0) is 21.1 Å². The standard InChI is InChI=1S/C27H26N2O5S/c1-35(32,33)24-10-7-18(8-11-24)19-9-12-25-21(14-19)16-23(34-25)17-28-27(31)20-4-2-5-22(15-20)29-13-3-6-26(29)30/h2,4-5,7-12,14-15,23H,3,6,13,16-17H2,1H3,(H,28,31)/t23-/m0/s1. The number of hydrogen-bond acceptors (Lipinski definition) is 5. The maximum absolute atomic E-state index is 12.7. The van der Waals surface area contributed by atoms with Gasteiger partial charge in [-0.25, -0.2) is 8.42 Å².